The van der Waals surface area contributed by atoms with Gasteiger partial charge >= 0.3 is 6.09 Å². The second kappa shape index (κ2) is 9.99. The van der Waals surface area contributed by atoms with E-state index in [1.165, 1.54) is 11.0 Å². The number of rotatable bonds is 8. The van der Waals surface area contributed by atoms with Gasteiger partial charge in [-0.15, -0.1) is 6.58 Å². The Morgan fingerprint density at radius 2 is 2.22 bits per heavy atom. The normalized spacial score (nSPS) is 10.0. The molecule has 1 aromatic rings. The Morgan fingerprint density at radius 3 is 2.87 bits per heavy atom. The molecular formula is C16H20BrFN2O3. The first-order chi connectivity index (χ1) is 11.0. The van der Waals surface area contributed by atoms with Crippen molar-refractivity contribution in [3.8, 4) is 0 Å². The molecule has 1 rings (SSSR count). The van der Waals surface area contributed by atoms with E-state index in [4.69, 9.17) is 4.74 Å². The number of nitrogens with one attached hydrogen (secondary N) is 1. The van der Waals surface area contributed by atoms with Crippen LogP contribution < -0.4 is 5.32 Å². The maximum atomic E-state index is 13.8. The lowest BCUT2D eigenvalue weighted by Gasteiger charge is -2.22. The number of carbonyl (C=O) groups is 2. The summed E-state index contributed by atoms with van der Waals surface area (Å²) >= 11 is 3.28. The first kappa shape index (κ1) is 19.2. The number of nitrogens with zero attached hydrogens (tertiary/aromatic N) is 1. The number of amides is 2. The predicted molar refractivity (Wildman–Crippen MR) is 89.4 cm³/mol. The summed E-state index contributed by atoms with van der Waals surface area (Å²) in [6, 6.07) is 4.58. The van der Waals surface area contributed by atoms with Crippen molar-refractivity contribution < 1.29 is 18.7 Å². The van der Waals surface area contributed by atoms with E-state index < -0.39 is 6.09 Å². The summed E-state index contributed by atoms with van der Waals surface area (Å²) in [6.07, 6.45) is 1.11. The zero-order chi connectivity index (χ0) is 17.2. The van der Waals surface area contributed by atoms with E-state index >= 15 is 0 Å². The van der Waals surface area contributed by atoms with Crippen LogP contribution in [0.2, 0.25) is 0 Å². The van der Waals surface area contributed by atoms with Crippen LogP contribution in [-0.2, 0) is 16.1 Å². The molecule has 1 N–H and O–H groups in total. The number of alkyl carbamates (subject to hydrolysis) is 1. The second-order valence-corrected chi connectivity index (χ2v) is 5.61. The van der Waals surface area contributed by atoms with Crippen molar-refractivity contribution in [2.24, 2.45) is 0 Å². The molecule has 0 aliphatic heterocycles. The average molecular weight is 387 g/mol. The highest BCUT2D eigenvalue weighted by atomic mass is 79.9. The van der Waals surface area contributed by atoms with E-state index in [9.17, 15) is 14.0 Å². The molecule has 0 bridgehead atoms. The van der Waals surface area contributed by atoms with Gasteiger partial charge in [0.25, 0.3) is 0 Å². The van der Waals surface area contributed by atoms with Crippen molar-refractivity contribution in [1.29, 1.82) is 0 Å². The number of hydrogen-bond acceptors (Lipinski definition) is 3. The molecule has 0 saturated heterocycles. The van der Waals surface area contributed by atoms with Gasteiger partial charge in [-0.05, 0) is 25.1 Å². The van der Waals surface area contributed by atoms with E-state index in [0.29, 0.717) is 12.1 Å². The van der Waals surface area contributed by atoms with Crippen molar-refractivity contribution in [2.75, 3.05) is 19.7 Å². The minimum absolute atomic E-state index is 0.0995. The van der Waals surface area contributed by atoms with Gasteiger partial charge in [0.1, 0.15) is 5.82 Å². The topological polar surface area (TPSA) is 58.6 Å². The Labute approximate surface area is 143 Å². The molecule has 0 aliphatic carbocycles. The summed E-state index contributed by atoms with van der Waals surface area (Å²) in [6.45, 7) is 6.17. The summed E-state index contributed by atoms with van der Waals surface area (Å²) in [5.41, 5.74) is 0.410. The van der Waals surface area contributed by atoms with E-state index in [1.807, 2.05) is 0 Å². The van der Waals surface area contributed by atoms with Crippen molar-refractivity contribution in [2.45, 2.75) is 19.9 Å². The number of carbonyl (C=O) groups excluding carboxylic acids is 2. The standard InChI is InChI=1S/C16H20BrFN2O3/c1-3-9-20(11-12-10-13(17)5-6-14(12)18)15(21)7-8-19-16(22)23-4-2/h3,5-6,10H,1,4,7-9,11H2,2H3,(H,19,22). The van der Waals surface area contributed by atoms with Gasteiger partial charge in [0.2, 0.25) is 5.91 Å². The third-order valence-electron chi connectivity index (χ3n) is 2.95. The van der Waals surface area contributed by atoms with Crippen molar-refractivity contribution in [3.05, 3.63) is 46.7 Å². The molecule has 7 heteroatoms. The first-order valence-electron chi connectivity index (χ1n) is 7.21. The number of ether oxygens (including phenoxy) is 1. The largest absolute Gasteiger partial charge is 0.450 e. The van der Waals surface area contributed by atoms with E-state index in [-0.39, 0.29) is 37.8 Å². The fourth-order valence-corrected chi connectivity index (χ4v) is 2.30. The minimum Gasteiger partial charge on any atom is -0.450 e. The molecule has 23 heavy (non-hydrogen) atoms. The van der Waals surface area contributed by atoms with Gasteiger partial charge < -0.3 is 15.0 Å². The lowest BCUT2D eigenvalue weighted by Crippen LogP contribution is -2.34. The smallest absolute Gasteiger partial charge is 0.407 e. The molecule has 0 atom stereocenters. The minimum atomic E-state index is -0.561. The maximum absolute atomic E-state index is 13.8. The molecule has 0 aromatic heterocycles. The monoisotopic (exact) mass is 386 g/mol. The molecule has 1 aromatic carbocycles. The molecule has 0 aliphatic rings. The third kappa shape index (κ3) is 6.81. The zero-order valence-electron chi connectivity index (χ0n) is 13.0. The van der Waals surface area contributed by atoms with E-state index in [1.54, 1.807) is 25.1 Å². The quantitative estimate of drug-likeness (QED) is 0.697. The van der Waals surface area contributed by atoms with Gasteiger partial charge in [-0.1, -0.05) is 22.0 Å². The van der Waals surface area contributed by atoms with Crippen LogP contribution in [0.15, 0.2) is 35.3 Å². The average Bonchev–Trinajstić information content (AvgIpc) is 2.50. The van der Waals surface area contributed by atoms with E-state index in [0.717, 1.165) is 4.47 Å². The molecule has 126 valence electrons. The molecule has 0 unspecified atom stereocenters. The Morgan fingerprint density at radius 1 is 1.48 bits per heavy atom. The van der Waals surface area contributed by atoms with Crippen LogP contribution in [0, 0.1) is 5.82 Å². The third-order valence-corrected chi connectivity index (χ3v) is 3.45. The number of halogens is 2. The number of hydrogen-bond donors (Lipinski definition) is 1. The van der Waals surface area contributed by atoms with Crippen molar-refractivity contribution in [3.63, 3.8) is 0 Å². The van der Waals surface area contributed by atoms with Crippen LogP contribution in [0.1, 0.15) is 18.9 Å². The number of benzene rings is 1. The van der Waals surface area contributed by atoms with Crippen LogP contribution in [0.4, 0.5) is 9.18 Å². The Balaban J connectivity index is 2.62. The fraction of sp³-hybridized carbons (Fsp3) is 0.375. The molecule has 2 amide bonds. The molecule has 5 nitrogen and oxygen atoms in total. The highest BCUT2D eigenvalue weighted by Crippen LogP contribution is 2.17. The molecule has 0 spiro atoms. The van der Waals surface area contributed by atoms with Gasteiger partial charge in [-0.25, -0.2) is 9.18 Å². The summed E-state index contributed by atoms with van der Waals surface area (Å²) in [5, 5.41) is 2.48. The Bertz CT molecular complexity index is 566. The van der Waals surface area contributed by atoms with Crippen LogP contribution in [-0.4, -0.2) is 36.6 Å². The van der Waals surface area contributed by atoms with Crippen LogP contribution in [0.3, 0.4) is 0 Å². The highest BCUT2D eigenvalue weighted by Gasteiger charge is 2.15. The van der Waals surface area contributed by atoms with Crippen molar-refractivity contribution in [1.82, 2.24) is 10.2 Å². The van der Waals surface area contributed by atoms with Gasteiger partial charge in [-0.2, -0.15) is 0 Å². The van der Waals surface area contributed by atoms with E-state index in [2.05, 4.69) is 27.8 Å². The van der Waals surface area contributed by atoms with Gasteiger partial charge in [0.05, 0.1) is 6.61 Å². The van der Waals surface area contributed by atoms with Gasteiger partial charge in [0.15, 0.2) is 0 Å². The van der Waals surface area contributed by atoms with Crippen LogP contribution >= 0.6 is 15.9 Å². The molecule has 0 heterocycles. The molecule has 0 fully saturated rings. The van der Waals surface area contributed by atoms with Gasteiger partial charge in [-0.3, -0.25) is 4.79 Å². The summed E-state index contributed by atoms with van der Waals surface area (Å²) < 4.78 is 19.3. The second-order valence-electron chi connectivity index (χ2n) is 4.70. The van der Waals surface area contributed by atoms with Crippen molar-refractivity contribution >= 4 is 27.9 Å². The summed E-state index contributed by atoms with van der Waals surface area (Å²) in [7, 11) is 0. The predicted octanol–water partition coefficient (Wildman–Crippen LogP) is 3.24. The lowest BCUT2D eigenvalue weighted by molar-refractivity contribution is -0.131. The van der Waals surface area contributed by atoms with Crippen LogP contribution in [0.25, 0.3) is 0 Å². The summed E-state index contributed by atoms with van der Waals surface area (Å²) in [5.74, 6) is -0.583. The Kier molecular flexibility index (Phi) is 8.32. The maximum Gasteiger partial charge on any atom is 0.407 e. The zero-order valence-corrected chi connectivity index (χ0v) is 14.6. The fourth-order valence-electron chi connectivity index (χ4n) is 1.89. The highest BCUT2D eigenvalue weighted by molar-refractivity contribution is 9.10. The molecular weight excluding hydrogens is 367 g/mol. The lowest BCUT2D eigenvalue weighted by atomic mass is 10.2. The molecule has 0 radical (unpaired) electrons. The first-order valence-corrected chi connectivity index (χ1v) is 8.00. The SMILES string of the molecule is C=CCN(Cc1cc(Br)ccc1F)C(=O)CCNC(=O)OCC. The molecule has 0 saturated carbocycles. The van der Waals surface area contributed by atoms with Crippen LogP contribution in [0.5, 0.6) is 0 Å². The van der Waals surface area contributed by atoms with Gasteiger partial charge in [0, 0.05) is 36.1 Å². The summed E-state index contributed by atoms with van der Waals surface area (Å²) in [4.78, 5) is 24.9. The Hall–Kier alpha value is -1.89.